The zero-order valence-corrected chi connectivity index (χ0v) is 16.4. The number of likely N-dealkylation sites (tertiary alicyclic amines) is 1. The fraction of sp³-hybridized carbons (Fsp3) is 0.524. The minimum absolute atomic E-state index is 0.0671. The summed E-state index contributed by atoms with van der Waals surface area (Å²) in [5.41, 5.74) is 0.274. The number of halogens is 1. The van der Waals surface area contributed by atoms with Crippen molar-refractivity contribution >= 4 is 11.8 Å². The van der Waals surface area contributed by atoms with Crippen molar-refractivity contribution in [3.05, 3.63) is 36.0 Å². The summed E-state index contributed by atoms with van der Waals surface area (Å²) in [6, 6.07) is 6.33. The smallest absolute Gasteiger partial charge is 0.227 e. The quantitative estimate of drug-likeness (QED) is 0.833. The zero-order chi connectivity index (χ0) is 20.4. The van der Waals surface area contributed by atoms with Crippen LogP contribution in [0.4, 0.5) is 4.39 Å². The largest absolute Gasteiger partial charge is 0.353 e. The predicted octanol–water partition coefficient (Wildman–Crippen LogP) is 2.57. The van der Waals surface area contributed by atoms with Gasteiger partial charge in [0.25, 0.3) is 0 Å². The number of nitrogens with zero attached hydrogens (tertiary/aromatic N) is 3. The van der Waals surface area contributed by atoms with Crippen LogP contribution in [0.25, 0.3) is 11.4 Å². The molecule has 2 aromatic rings. The highest BCUT2D eigenvalue weighted by Crippen LogP contribution is 2.36. The Morgan fingerprint density at radius 2 is 2.10 bits per heavy atom. The second-order valence-corrected chi connectivity index (χ2v) is 7.94. The molecule has 8 heteroatoms. The minimum Gasteiger partial charge on any atom is -0.353 e. The predicted molar refractivity (Wildman–Crippen MR) is 103 cm³/mol. The Labute approximate surface area is 168 Å². The Balaban J connectivity index is 1.31. The molecule has 2 aliphatic rings. The lowest BCUT2D eigenvalue weighted by Gasteiger charge is -2.33. The van der Waals surface area contributed by atoms with Gasteiger partial charge < -0.3 is 14.7 Å². The maximum Gasteiger partial charge on any atom is 0.227 e. The molecule has 1 saturated carbocycles. The molecule has 1 aliphatic heterocycles. The standard InChI is InChI=1S/C21H25FN4O3/c1-13(27)26-11-14-5-4-8-18(16(14)12-26)23-19(28)9-10-20-24-21(25-29-20)15-6-2-3-7-17(15)22/h2-3,6-7,14,16,18H,4-5,8-12H2,1H3,(H,23,28)/t14-,16+,18-/m0/s1. The molecule has 4 rings (SSSR count). The van der Waals surface area contributed by atoms with Gasteiger partial charge in [0, 0.05) is 44.8 Å². The van der Waals surface area contributed by atoms with Gasteiger partial charge in [0.15, 0.2) is 0 Å². The van der Waals surface area contributed by atoms with Crippen LogP contribution in [0.1, 0.15) is 38.5 Å². The molecular formula is C21H25FN4O3. The molecule has 0 radical (unpaired) electrons. The van der Waals surface area contributed by atoms with E-state index in [-0.39, 0.29) is 35.7 Å². The van der Waals surface area contributed by atoms with Gasteiger partial charge in [-0.25, -0.2) is 4.39 Å². The lowest BCUT2D eigenvalue weighted by atomic mass is 9.78. The van der Waals surface area contributed by atoms with Gasteiger partial charge in [-0.05, 0) is 30.9 Å². The summed E-state index contributed by atoms with van der Waals surface area (Å²) in [6.45, 7) is 3.12. The Bertz CT molecular complexity index is 900. The highest BCUT2D eigenvalue weighted by Gasteiger charge is 2.41. The number of carbonyl (C=O) groups is 2. The summed E-state index contributed by atoms with van der Waals surface area (Å²) in [6.07, 6.45) is 3.64. The molecule has 1 saturated heterocycles. The number of hydrogen-bond acceptors (Lipinski definition) is 5. The average Bonchev–Trinajstić information content (AvgIpc) is 3.34. The van der Waals surface area contributed by atoms with Gasteiger partial charge >= 0.3 is 0 Å². The molecule has 0 spiro atoms. The molecule has 2 heterocycles. The van der Waals surface area contributed by atoms with Crippen LogP contribution in [0.3, 0.4) is 0 Å². The first-order valence-electron chi connectivity index (χ1n) is 10.1. The van der Waals surface area contributed by atoms with Gasteiger partial charge in [-0.2, -0.15) is 4.98 Å². The van der Waals surface area contributed by atoms with Crippen LogP contribution in [-0.4, -0.2) is 46.0 Å². The van der Waals surface area contributed by atoms with E-state index in [4.69, 9.17) is 4.52 Å². The third-order valence-electron chi connectivity index (χ3n) is 6.04. The summed E-state index contributed by atoms with van der Waals surface area (Å²) in [4.78, 5) is 30.3. The molecule has 1 aliphatic carbocycles. The number of aromatic nitrogens is 2. The Morgan fingerprint density at radius 1 is 1.28 bits per heavy atom. The first-order chi connectivity index (χ1) is 14.0. The van der Waals surface area contributed by atoms with E-state index in [9.17, 15) is 14.0 Å². The van der Waals surface area contributed by atoms with Crippen molar-refractivity contribution in [3.8, 4) is 11.4 Å². The van der Waals surface area contributed by atoms with Crippen LogP contribution in [0, 0.1) is 17.7 Å². The molecule has 3 atom stereocenters. The van der Waals surface area contributed by atoms with Crippen LogP contribution >= 0.6 is 0 Å². The summed E-state index contributed by atoms with van der Waals surface area (Å²) in [5.74, 6) is 0.909. The van der Waals surface area contributed by atoms with Crippen LogP contribution in [0.2, 0.25) is 0 Å². The monoisotopic (exact) mass is 400 g/mol. The van der Waals surface area contributed by atoms with Crippen molar-refractivity contribution in [1.82, 2.24) is 20.4 Å². The van der Waals surface area contributed by atoms with Gasteiger partial charge in [-0.15, -0.1) is 0 Å². The average molecular weight is 400 g/mol. The fourth-order valence-corrected chi connectivity index (χ4v) is 4.52. The van der Waals surface area contributed by atoms with Crippen molar-refractivity contribution in [3.63, 3.8) is 0 Å². The van der Waals surface area contributed by atoms with E-state index in [1.807, 2.05) is 4.90 Å². The highest BCUT2D eigenvalue weighted by molar-refractivity contribution is 5.76. The van der Waals surface area contributed by atoms with E-state index in [0.717, 1.165) is 32.4 Å². The Morgan fingerprint density at radius 3 is 2.90 bits per heavy atom. The molecule has 29 heavy (non-hydrogen) atoms. The molecule has 1 aromatic heterocycles. The SMILES string of the molecule is CC(=O)N1C[C@@H]2CCC[C@H](NC(=O)CCc3nc(-c4ccccc4F)no3)[C@@H]2C1. The molecule has 154 valence electrons. The summed E-state index contributed by atoms with van der Waals surface area (Å²) >= 11 is 0. The third kappa shape index (κ3) is 4.31. The zero-order valence-electron chi connectivity index (χ0n) is 16.4. The lowest BCUT2D eigenvalue weighted by Crippen LogP contribution is -2.45. The number of benzene rings is 1. The van der Waals surface area contributed by atoms with Crippen LogP contribution < -0.4 is 5.32 Å². The van der Waals surface area contributed by atoms with E-state index in [1.54, 1.807) is 25.1 Å². The first-order valence-corrected chi connectivity index (χ1v) is 10.1. The van der Waals surface area contributed by atoms with E-state index >= 15 is 0 Å². The fourth-order valence-electron chi connectivity index (χ4n) is 4.52. The minimum atomic E-state index is -0.416. The van der Waals surface area contributed by atoms with Crippen LogP contribution in [-0.2, 0) is 16.0 Å². The number of nitrogens with one attached hydrogen (secondary N) is 1. The second-order valence-electron chi connectivity index (χ2n) is 7.94. The number of carbonyl (C=O) groups excluding carboxylic acids is 2. The van der Waals surface area contributed by atoms with E-state index < -0.39 is 5.82 Å². The maximum absolute atomic E-state index is 13.8. The molecule has 0 unspecified atom stereocenters. The lowest BCUT2D eigenvalue weighted by molar-refractivity contribution is -0.128. The van der Waals surface area contributed by atoms with Gasteiger partial charge in [0.2, 0.25) is 23.5 Å². The van der Waals surface area contributed by atoms with Crippen LogP contribution in [0.5, 0.6) is 0 Å². The van der Waals surface area contributed by atoms with E-state index in [1.165, 1.54) is 6.07 Å². The summed E-state index contributed by atoms with van der Waals surface area (Å²) < 4.78 is 19.0. The van der Waals surface area contributed by atoms with Crippen molar-refractivity contribution in [2.24, 2.45) is 11.8 Å². The number of aryl methyl sites for hydroxylation is 1. The molecule has 2 fully saturated rings. The molecule has 2 amide bonds. The third-order valence-corrected chi connectivity index (χ3v) is 6.04. The van der Waals surface area contributed by atoms with Gasteiger partial charge in [0.1, 0.15) is 5.82 Å². The van der Waals surface area contributed by atoms with Crippen molar-refractivity contribution < 1.29 is 18.5 Å². The van der Waals surface area contributed by atoms with Crippen molar-refractivity contribution in [2.45, 2.75) is 45.1 Å². The first kappa shape index (κ1) is 19.5. The molecule has 7 nitrogen and oxygen atoms in total. The Hall–Kier alpha value is -2.77. The van der Waals surface area contributed by atoms with E-state index in [0.29, 0.717) is 24.1 Å². The van der Waals surface area contributed by atoms with Crippen molar-refractivity contribution in [1.29, 1.82) is 0 Å². The number of rotatable bonds is 5. The molecule has 1 N–H and O–H groups in total. The number of fused-ring (bicyclic) bond motifs is 1. The number of amides is 2. The molecular weight excluding hydrogens is 375 g/mol. The van der Waals surface area contributed by atoms with E-state index in [2.05, 4.69) is 15.5 Å². The van der Waals surface area contributed by atoms with Gasteiger partial charge in [0.05, 0.1) is 5.56 Å². The normalized spacial score (nSPS) is 23.7. The highest BCUT2D eigenvalue weighted by atomic mass is 19.1. The topological polar surface area (TPSA) is 88.3 Å². The number of hydrogen-bond donors (Lipinski definition) is 1. The van der Waals surface area contributed by atoms with Crippen molar-refractivity contribution in [2.75, 3.05) is 13.1 Å². The summed E-state index contributed by atoms with van der Waals surface area (Å²) in [7, 11) is 0. The summed E-state index contributed by atoms with van der Waals surface area (Å²) in [5, 5.41) is 6.95. The Kier molecular flexibility index (Phi) is 5.60. The van der Waals surface area contributed by atoms with Gasteiger partial charge in [-0.3, -0.25) is 9.59 Å². The van der Waals surface area contributed by atoms with Gasteiger partial charge in [-0.1, -0.05) is 23.7 Å². The molecule has 1 aromatic carbocycles. The second kappa shape index (κ2) is 8.31. The molecule has 0 bridgehead atoms. The van der Waals surface area contributed by atoms with Crippen LogP contribution in [0.15, 0.2) is 28.8 Å². The maximum atomic E-state index is 13.8.